The maximum atomic E-state index is 13.1. The fourth-order valence-corrected chi connectivity index (χ4v) is 2.94. The third-order valence-corrected chi connectivity index (χ3v) is 4.72. The quantitative estimate of drug-likeness (QED) is 0.838. The number of ether oxygens (including phenoxy) is 2. The molecule has 5 nitrogen and oxygen atoms in total. The molecule has 0 fully saturated rings. The van der Waals surface area contributed by atoms with Crippen molar-refractivity contribution in [3.05, 3.63) is 52.8 Å². The van der Waals surface area contributed by atoms with Gasteiger partial charge >= 0.3 is 0 Å². The number of carbonyl (C=O) groups is 1. The van der Waals surface area contributed by atoms with Gasteiger partial charge in [0.05, 0.1) is 17.8 Å². The number of hydrogen-bond acceptors (Lipinski definition) is 3. The first kappa shape index (κ1) is 18.5. The standard InChI is InChI=1S/C19H20ClFN2O3/c1-12(19(24)22-16-5-4-14(21)10-15(16)20)23(2)11-13-3-6-17-18(9-13)26-8-7-25-17/h3-6,9-10,12H,7-8,11H2,1-2H3,(H,22,24)/p+1/t12-/m0/s1. The number of halogens is 2. The van der Waals surface area contributed by atoms with Crippen molar-refractivity contribution in [2.45, 2.75) is 19.5 Å². The molecule has 1 heterocycles. The number of hydrogen-bond donors (Lipinski definition) is 2. The lowest BCUT2D eigenvalue weighted by Gasteiger charge is -2.23. The van der Waals surface area contributed by atoms with Crippen LogP contribution in [0.3, 0.4) is 0 Å². The van der Waals surface area contributed by atoms with Crippen LogP contribution in [0.25, 0.3) is 0 Å². The summed E-state index contributed by atoms with van der Waals surface area (Å²) in [7, 11) is 1.94. The molecule has 1 unspecified atom stereocenters. The average Bonchev–Trinajstić information content (AvgIpc) is 2.63. The average molecular weight is 380 g/mol. The molecule has 1 aliphatic rings. The second-order valence-electron chi connectivity index (χ2n) is 6.34. The van der Waals surface area contributed by atoms with Gasteiger partial charge in [0.25, 0.3) is 5.91 Å². The van der Waals surface area contributed by atoms with E-state index >= 15 is 0 Å². The number of fused-ring (bicyclic) bond motifs is 1. The molecule has 0 saturated heterocycles. The SMILES string of the molecule is C[C@@H](C(=O)Nc1ccc(F)cc1Cl)[NH+](C)Cc1ccc2c(c1)OCCO2. The Morgan fingerprint density at radius 2 is 1.96 bits per heavy atom. The van der Waals surface area contributed by atoms with Crippen molar-refractivity contribution in [2.75, 3.05) is 25.6 Å². The molecule has 0 aromatic heterocycles. The second kappa shape index (κ2) is 7.93. The van der Waals surface area contributed by atoms with E-state index in [1.54, 1.807) is 0 Å². The van der Waals surface area contributed by atoms with Crippen LogP contribution in [0.1, 0.15) is 12.5 Å². The topological polar surface area (TPSA) is 52.0 Å². The van der Waals surface area contributed by atoms with Crippen molar-refractivity contribution in [1.82, 2.24) is 0 Å². The third kappa shape index (κ3) is 4.26. The van der Waals surface area contributed by atoms with E-state index in [2.05, 4.69) is 5.32 Å². The molecule has 26 heavy (non-hydrogen) atoms. The van der Waals surface area contributed by atoms with Crippen LogP contribution in [-0.2, 0) is 11.3 Å². The minimum absolute atomic E-state index is 0.176. The monoisotopic (exact) mass is 379 g/mol. The van der Waals surface area contributed by atoms with Gasteiger partial charge in [-0.05, 0) is 43.3 Å². The Balaban J connectivity index is 1.63. The molecule has 138 valence electrons. The van der Waals surface area contributed by atoms with E-state index in [0.29, 0.717) is 25.4 Å². The summed E-state index contributed by atoms with van der Waals surface area (Å²) in [6.07, 6.45) is 0. The summed E-state index contributed by atoms with van der Waals surface area (Å²) in [6.45, 7) is 3.57. The number of nitrogens with one attached hydrogen (secondary N) is 2. The van der Waals surface area contributed by atoms with E-state index in [9.17, 15) is 9.18 Å². The second-order valence-corrected chi connectivity index (χ2v) is 6.74. The Morgan fingerprint density at radius 1 is 1.23 bits per heavy atom. The highest BCUT2D eigenvalue weighted by Gasteiger charge is 2.23. The Bertz CT molecular complexity index is 815. The van der Waals surface area contributed by atoms with E-state index in [1.165, 1.54) is 18.2 Å². The highest BCUT2D eigenvalue weighted by atomic mass is 35.5. The van der Waals surface area contributed by atoms with E-state index < -0.39 is 5.82 Å². The van der Waals surface area contributed by atoms with Crippen LogP contribution >= 0.6 is 11.6 Å². The molecule has 2 aromatic rings. The summed E-state index contributed by atoms with van der Waals surface area (Å²) in [5.41, 5.74) is 1.45. The van der Waals surface area contributed by atoms with Crippen LogP contribution in [0.4, 0.5) is 10.1 Å². The van der Waals surface area contributed by atoms with E-state index in [-0.39, 0.29) is 17.0 Å². The summed E-state index contributed by atoms with van der Waals surface area (Å²) >= 11 is 5.97. The highest BCUT2D eigenvalue weighted by Crippen LogP contribution is 2.30. The van der Waals surface area contributed by atoms with Gasteiger partial charge in [-0.3, -0.25) is 4.79 Å². The van der Waals surface area contributed by atoms with Gasteiger partial charge in [0, 0.05) is 5.56 Å². The van der Waals surface area contributed by atoms with Crippen molar-refractivity contribution in [2.24, 2.45) is 0 Å². The zero-order chi connectivity index (χ0) is 18.7. The van der Waals surface area contributed by atoms with Crippen molar-refractivity contribution in [1.29, 1.82) is 0 Å². The summed E-state index contributed by atoms with van der Waals surface area (Å²) in [6, 6.07) is 9.37. The lowest BCUT2D eigenvalue weighted by atomic mass is 10.1. The Labute approximate surface area is 156 Å². The van der Waals surface area contributed by atoms with Gasteiger partial charge in [-0.15, -0.1) is 0 Å². The van der Waals surface area contributed by atoms with E-state index in [1.807, 2.05) is 32.2 Å². The molecule has 0 spiro atoms. The number of rotatable bonds is 5. The predicted octanol–water partition coefficient (Wildman–Crippen LogP) is 2.29. The summed E-state index contributed by atoms with van der Waals surface area (Å²) in [4.78, 5) is 13.5. The normalized spacial score (nSPS) is 15.2. The zero-order valence-electron chi connectivity index (χ0n) is 14.6. The zero-order valence-corrected chi connectivity index (χ0v) is 15.4. The molecule has 1 amide bonds. The van der Waals surface area contributed by atoms with Crippen LogP contribution in [-0.4, -0.2) is 32.2 Å². The van der Waals surface area contributed by atoms with Crippen molar-refractivity contribution in [3.63, 3.8) is 0 Å². The first-order valence-corrected chi connectivity index (χ1v) is 8.78. The van der Waals surface area contributed by atoms with Gasteiger partial charge in [-0.1, -0.05) is 11.6 Å². The van der Waals surface area contributed by atoms with Gasteiger partial charge in [0.1, 0.15) is 25.6 Å². The number of likely N-dealkylation sites (N-methyl/N-ethyl adjacent to an activating group) is 1. The summed E-state index contributed by atoms with van der Waals surface area (Å²) < 4.78 is 24.2. The number of amides is 1. The largest absolute Gasteiger partial charge is 0.486 e. The number of quaternary nitrogens is 1. The predicted molar refractivity (Wildman–Crippen MR) is 97.5 cm³/mol. The number of anilines is 1. The van der Waals surface area contributed by atoms with Crippen molar-refractivity contribution >= 4 is 23.2 Å². The third-order valence-electron chi connectivity index (χ3n) is 4.41. The molecule has 0 saturated carbocycles. The molecule has 2 aromatic carbocycles. The molecule has 7 heteroatoms. The lowest BCUT2D eigenvalue weighted by molar-refractivity contribution is -0.907. The molecule has 0 radical (unpaired) electrons. The van der Waals surface area contributed by atoms with Crippen LogP contribution in [0.15, 0.2) is 36.4 Å². The smallest absolute Gasteiger partial charge is 0.282 e. The Kier molecular flexibility index (Phi) is 5.64. The van der Waals surface area contributed by atoms with Gasteiger partial charge < -0.3 is 19.7 Å². The van der Waals surface area contributed by atoms with Gasteiger partial charge in [0.2, 0.25) is 0 Å². The van der Waals surface area contributed by atoms with Crippen molar-refractivity contribution < 1.29 is 23.6 Å². The minimum atomic E-state index is -0.442. The number of benzene rings is 2. The van der Waals surface area contributed by atoms with Crippen LogP contribution in [0.5, 0.6) is 11.5 Å². The van der Waals surface area contributed by atoms with E-state index in [4.69, 9.17) is 21.1 Å². The van der Waals surface area contributed by atoms with Crippen LogP contribution < -0.4 is 19.7 Å². The first-order chi connectivity index (χ1) is 12.4. The first-order valence-electron chi connectivity index (χ1n) is 8.41. The fraction of sp³-hybridized carbons (Fsp3) is 0.316. The molecule has 0 bridgehead atoms. The van der Waals surface area contributed by atoms with Crippen LogP contribution in [0.2, 0.25) is 5.02 Å². The number of carbonyl (C=O) groups excluding carboxylic acids is 1. The fourth-order valence-electron chi connectivity index (χ4n) is 2.73. The molecular formula is C19H21ClFN2O3+. The molecule has 2 N–H and O–H groups in total. The summed E-state index contributed by atoms with van der Waals surface area (Å²) in [5.74, 6) is 0.849. The summed E-state index contributed by atoms with van der Waals surface area (Å²) in [5, 5.41) is 2.93. The lowest BCUT2D eigenvalue weighted by Crippen LogP contribution is -3.12. The molecule has 2 atom stereocenters. The van der Waals surface area contributed by atoms with Crippen molar-refractivity contribution in [3.8, 4) is 11.5 Å². The Morgan fingerprint density at radius 3 is 2.69 bits per heavy atom. The maximum Gasteiger partial charge on any atom is 0.282 e. The Hall–Kier alpha value is -2.31. The molecule has 1 aliphatic heterocycles. The van der Waals surface area contributed by atoms with Gasteiger partial charge in [0.15, 0.2) is 17.5 Å². The maximum absolute atomic E-state index is 13.1. The van der Waals surface area contributed by atoms with Crippen LogP contribution in [0, 0.1) is 5.82 Å². The molecular weight excluding hydrogens is 359 g/mol. The molecule has 0 aliphatic carbocycles. The van der Waals surface area contributed by atoms with Gasteiger partial charge in [-0.2, -0.15) is 0 Å². The highest BCUT2D eigenvalue weighted by molar-refractivity contribution is 6.33. The molecule has 3 rings (SSSR count). The van der Waals surface area contributed by atoms with Gasteiger partial charge in [-0.25, -0.2) is 4.39 Å². The van der Waals surface area contributed by atoms with E-state index in [0.717, 1.165) is 22.0 Å². The minimum Gasteiger partial charge on any atom is -0.486 e.